The van der Waals surface area contributed by atoms with E-state index in [4.69, 9.17) is 9.26 Å². The molecule has 2 heterocycles. The van der Waals surface area contributed by atoms with Crippen molar-refractivity contribution in [3.05, 3.63) is 71.3 Å². The van der Waals surface area contributed by atoms with E-state index in [1.165, 1.54) is 16.7 Å². The fourth-order valence-corrected chi connectivity index (χ4v) is 4.66. The molecule has 0 amide bonds. The van der Waals surface area contributed by atoms with E-state index in [1.807, 2.05) is 18.2 Å². The van der Waals surface area contributed by atoms with E-state index >= 15 is 0 Å². The molecule has 0 spiro atoms. The number of benzene rings is 2. The molecular weight excluding hydrogens is 370 g/mol. The maximum absolute atomic E-state index is 6.39. The van der Waals surface area contributed by atoms with Crippen LogP contribution in [-0.2, 0) is 6.42 Å². The molecule has 0 fully saturated rings. The van der Waals surface area contributed by atoms with Crippen LogP contribution >= 0.6 is 0 Å². The summed E-state index contributed by atoms with van der Waals surface area (Å²) in [5.41, 5.74) is 9.06. The van der Waals surface area contributed by atoms with E-state index in [0.717, 1.165) is 65.2 Å². The second-order valence-corrected chi connectivity index (χ2v) is 8.64. The zero-order chi connectivity index (χ0) is 20.9. The molecule has 5 rings (SSSR count). The lowest BCUT2D eigenvalue weighted by atomic mass is 9.83. The fourth-order valence-electron chi connectivity index (χ4n) is 4.66. The van der Waals surface area contributed by atoms with Gasteiger partial charge in [-0.25, -0.2) is 0 Å². The van der Waals surface area contributed by atoms with E-state index < -0.39 is 0 Å². The lowest BCUT2D eigenvalue weighted by Crippen LogP contribution is -2.37. The molecule has 0 saturated heterocycles. The Morgan fingerprint density at radius 3 is 2.63 bits per heavy atom. The Labute approximate surface area is 178 Å². The van der Waals surface area contributed by atoms with Crippen molar-refractivity contribution >= 4 is 11.6 Å². The monoisotopic (exact) mass is 397 g/mol. The summed E-state index contributed by atoms with van der Waals surface area (Å²) in [5.74, 6) is 1.68. The zero-order valence-corrected chi connectivity index (χ0v) is 17.9. The van der Waals surface area contributed by atoms with Gasteiger partial charge in [-0.2, -0.15) is 0 Å². The lowest BCUT2D eigenvalue weighted by Gasteiger charge is -2.38. The van der Waals surface area contributed by atoms with Crippen LogP contribution in [0.5, 0.6) is 5.75 Å². The zero-order valence-electron chi connectivity index (χ0n) is 17.9. The summed E-state index contributed by atoms with van der Waals surface area (Å²) < 4.78 is 12.1. The van der Waals surface area contributed by atoms with Crippen LogP contribution in [0.2, 0.25) is 0 Å². The number of rotatable bonds is 4. The summed E-state index contributed by atoms with van der Waals surface area (Å²) in [6.45, 7) is 10.9. The molecule has 0 bridgehead atoms. The highest BCUT2D eigenvalue weighted by molar-refractivity contribution is 5.77. The number of nitrogens with zero attached hydrogens (tertiary/aromatic N) is 1. The van der Waals surface area contributed by atoms with Crippen molar-refractivity contribution in [2.45, 2.75) is 52.1 Å². The van der Waals surface area contributed by atoms with E-state index in [1.54, 1.807) is 0 Å². The number of hydrogen-bond acceptors (Lipinski definition) is 3. The van der Waals surface area contributed by atoms with Crippen molar-refractivity contribution in [1.82, 2.24) is 5.16 Å². The standard InChI is InChI=1S/C27H27NO2/c1-5-27(6-2)16-18(4)23-14-21(9-10-25(23)29-27)26-15-24(28-30-26)20-8-7-19-11-17(3)12-22(19)13-20/h7-10,12-15H,4-6,11,16H2,1-3H3. The lowest BCUT2D eigenvalue weighted by molar-refractivity contribution is 0.0589. The van der Waals surface area contributed by atoms with Crippen LogP contribution in [0.1, 0.15) is 56.7 Å². The van der Waals surface area contributed by atoms with Gasteiger partial charge in [-0.3, -0.25) is 0 Å². The van der Waals surface area contributed by atoms with Gasteiger partial charge in [0, 0.05) is 29.2 Å². The minimum absolute atomic E-state index is 0.134. The van der Waals surface area contributed by atoms with Gasteiger partial charge < -0.3 is 9.26 Å². The maximum atomic E-state index is 6.39. The molecule has 3 heteroatoms. The molecule has 0 N–H and O–H groups in total. The van der Waals surface area contributed by atoms with Gasteiger partial charge in [0.05, 0.1) is 0 Å². The van der Waals surface area contributed by atoms with Crippen molar-refractivity contribution in [2.75, 3.05) is 0 Å². The Morgan fingerprint density at radius 1 is 1.03 bits per heavy atom. The molecule has 0 radical (unpaired) electrons. The second-order valence-electron chi connectivity index (χ2n) is 8.64. The van der Waals surface area contributed by atoms with E-state index in [0.29, 0.717) is 0 Å². The molecule has 0 unspecified atom stereocenters. The van der Waals surface area contributed by atoms with Crippen molar-refractivity contribution in [3.63, 3.8) is 0 Å². The Balaban J connectivity index is 1.46. The first-order valence-corrected chi connectivity index (χ1v) is 10.8. The summed E-state index contributed by atoms with van der Waals surface area (Å²) >= 11 is 0. The summed E-state index contributed by atoms with van der Waals surface area (Å²) in [7, 11) is 0. The number of ether oxygens (including phenoxy) is 1. The number of fused-ring (bicyclic) bond motifs is 2. The second kappa shape index (κ2) is 7.02. The van der Waals surface area contributed by atoms with Gasteiger partial charge in [-0.15, -0.1) is 0 Å². The SMILES string of the molecule is C=C1CC(CC)(CC)Oc2ccc(-c3cc(-c4ccc5c(c4)C=C(C)C5)no3)cc21. The summed E-state index contributed by atoms with van der Waals surface area (Å²) in [5, 5.41) is 4.34. The Morgan fingerprint density at radius 2 is 1.83 bits per heavy atom. The fraction of sp³-hybridized carbons (Fsp3) is 0.296. The van der Waals surface area contributed by atoms with Crippen LogP contribution in [0.3, 0.4) is 0 Å². The third kappa shape index (κ3) is 3.09. The molecule has 1 aromatic heterocycles. The van der Waals surface area contributed by atoms with E-state index in [-0.39, 0.29) is 5.60 Å². The van der Waals surface area contributed by atoms with Gasteiger partial charge in [0.2, 0.25) is 0 Å². The highest BCUT2D eigenvalue weighted by atomic mass is 16.5. The molecular formula is C27H27NO2. The molecule has 1 aliphatic heterocycles. The molecule has 2 aliphatic rings. The minimum Gasteiger partial charge on any atom is -0.486 e. The van der Waals surface area contributed by atoms with Gasteiger partial charge in [-0.05, 0) is 67.2 Å². The molecule has 152 valence electrons. The Hall–Kier alpha value is -3.07. The smallest absolute Gasteiger partial charge is 0.167 e. The van der Waals surface area contributed by atoms with Crippen LogP contribution in [0.4, 0.5) is 0 Å². The van der Waals surface area contributed by atoms with Crippen LogP contribution in [-0.4, -0.2) is 10.8 Å². The van der Waals surface area contributed by atoms with Crippen LogP contribution in [0.25, 0.3) is 34.2 Å². The first kappa shape index (κ1) is 18.9. The van der Waals surface area contributed by atoms with Gasteiger partial charge in [0.15, 0.2) is 5.76 Å². The first-order chi connectivity index (χ1) is 14.5. The third-order valence-electron chi connectivity index (χ3n) is 6.62. The van der Waals surface area contributed by atoms with Crippen molar-refractivity contribution in [3.8, 4) is 28.3 Å². The highest BCUT2D eigenvalue weighted by Crippen LogP contribution is 2.44. The van der Waals surface area contributed by atoms with Gasteiger partial charge >= 0.3 is 0 Å². The number of allylic oxidation sites excluding steroid dienone is 1. The predicted octanol–water partition coefficient (Wildman–Crippen LogP) is 7.32. The van der Waals surface area contributed by atoms with Crippen LogP contribution in [0, 0.1) is 0 Å². The largest absolute Gasteiger partial charge is 0.486 e. The summed E-state index contributed by atoms with van der Waals surface area (Å²) in [6.07, 6.45) is 6.11. The molecule has 3 nitrogen and oxygen atoms in total. The maximum Gasteiger partial charge on any atom is 0.167 e. The highest BCUT2D eigenvalue weighted by Gasteiger charge is 2.35. The molecule has 2 aromatic carbocycles. The van der Waals surface area contributed by atoms with Gasteiger partial charge in [-0.1, -0.05) is 49.4 Å². The topological polar surface area (TPSA) is 35.3 Å². The van der Waals surface area contributed by atoms with E-state index in [9.17, 15) is 0 Å². The molecule has 1 aliphatic carbocycles. The molecule has 0 saturated carbocycles. The predicted molar refractivity (Wildman–Crippen MR) is 122 cm³/mol. The van der Waals surface area contributed by atoms with Gasteiger partial charge in [0.1, 0.15) is 17.0 Å². The minimum atomic E-state index is -0.134. The molecule has 0 atom stereocenters. The normalized spacial score (nSPS) is 16.6. The third-order valence-corrected chi connectivity index (χ3v) is 6.62. The number of hydrogen-bond donors (Lipinski definition) is 0. The molecule has 3 aromatic rings. The average molecular weight is 398 g/mol. The summed E-state index contributed by atoms with van der Waals surface area (Å²) in [4.78, 5) is 0. The van der Waals surface area contributed by atoms with Crippen LogP contribution < -0.4 is 4.74 Å². The Bertz CT molecular complexity index is 1180. The van der Waals surface area contributed by atoms with Crippen LogP contribution in [0.15, 0.2) is 59.1 Å². The quantitative estimate of drug-likeness (QED) is 0.462. The van der Waals surface area contributed by atoms with Gasteiger partial charge in [0.25, 0.3) is 0 Å². The van der Waals surface area contributed by atoms with E-state index in [2.05, 4.69) is 62.8 Å². The van der Waals surface area contributed by atoms with Crippen molar-refractivity contribution in [2.24, 2.45) is 0 Å². The first-order valence-electron chi connectivity index (χ1n) is 10.8. The summed E-state index contributed by atoms with van der Waals surface area (Å²) in [6, 6.07) is 14.7. The number of aromatic nitrogens is 1. The molecule has 30 heavy (non-hydrogen) atoms. The van der Waals surface area contributed by atoms with Crippen molar-refractivity contribution in [1.29, 1.82) is 0 Å². The van der Waals surface area contributed by atoms with Crippen molar-refractivity contribution < 1.29 is 9.26 Å². The Kier molecular flexibility index (Phi) is 4.43. The average Bonchev–Trinajstić information content (AvgIpc) is 3.39.